The number of aryl methyl sites for hydroxylation is 4. The van der Waals surface area contributed by atoms with E-state index in [-0.39, 0.29) is 5.60 Å². The van der Waals surface area contributed by atoms with Crippen molar-refractivity contribution in [2.24, 2.45) is 0 Å². The van der Waals surface area contributed by atoms with Gasteiger partial charge in [0, 0.05) is 5.56 Å². The molecule has 0 radical (unpaired) electrons. The number of ether oxygens (including phenoxy) is 1. The lowest BCUT2D eigenvalue weighted by Gasteiger charge is -2.06. The van der Waals surface area contributed by atoms with E-state index in [4.69, 9.17) is 4.74 Å². The van der Waals surface area contributed by atoms with Crippen molar-refractivity contribution in [3.05, 3.63) is 75.9 Å². The summed E-state index contributed by atoms with van der Waals surface area (Å²) in [5.41, 5.74) is 7.36. The molecule has 0 aromatic heterocycles. The van der Waals surface area contributed by atoms with Crippen LogP contribution >= 0.6 is 0 Å². The molecule has 1 aliphatic heterocycles. The van der Waals surface area contributed by atoms with Crippen molar-refractivity contribution in [3.63, 3.8) is 0 Å². The summed E-state index contributed by atoms with van der Waals surface area (Å²) in [7, 11) is 1.98. The molecule has 0 saturated carbocycles. The van der Waals surface area contributed by atoms with Crippen LogP contribution in [0.15, 0.2) is 42.5 Å². The Morgan fingerprint density at radius 1 is 0.886 bits per heavy atom. The Balaban J connectivity index is 0.000000296. The third-order valence-electron chi connectivity index (χ3n) is 6.33. The van der Waals surface area contributed by atoms with Gasteiger partial charge in [0.05, 0.1) is 6.61 Å². The van der Waals surface area contributed by atoms with Crippen LogP contribution in [0.2, 0.25) is 0 Å². The van der Waals surface area contributed by atoms with Gasteiger partial charge in [0.2, 0.25) is 0 Å². The summed E-state index contributed by atoms with van der Waals surface area (Å²) in [5.74, 6) is 0. The minimum atomic E-state index is 0.0501. The predicted molar refractivity (Wildman–Crippen MR) is 153 cm³/mol. The lowest BCUT2D eigenvalue weighted by Crippen LogP contribution is -2.06. The molecule has 194 valence electrons. The first-order valence-corrected chi connectivity index (χ1v) is 13.5. The lowest BCUT2D eigenvalue weighted by molar-refractivity contribution is 0.112. The number of hydrogen-bond donors (Lipinski definition) is 1. The number of nitrogens with one attached hydrogen (secondary N) is 1. The van der Waals surface area contributed by atoms with Gasteiger partial charge in [-0.25, -0.2) is 0 Å². The third kappa shape index (κ3) is 11.8. The van der Waals surface area contributed by atoms with Crippen LogP contribution in [0.1, 0.15) is 98.0 Å². The molecule has 35 heavy (non-hydrogen) atoms. The summed E-state index contributed by atoms with van der Waals surface area (Å²) in [5, 5.41) is 3.07. The first kappa shape index (κ1) is 30.8. The Hall–Kier alpha value is -2.23. The Morgan fingerprint density at radius 2 is 1.43 bits per heavy atom. The van der Waals surface area contributed by atoms with Crippen molar-refractivity contribution in [1.29, 1.82) is 0 Å². The molecular weight excluding hydrogens is 430 g/mol. The van der Waals surface area contributed by atoms with E-state index < -0.39 is 0 Å². The van der Waals surface area contributed by atoms with Crippen molar-refractivity contribution in [2.45, 2.75) is 92.1 Å². The number of unbranched alkanes of at least 4 members (excludes halogenated alkanes) is 1. The highest BCUT2D eigenvalue weighted by Gasteiger charge is 2.39. The maximum absolute atomic E-state index is 10.5. The third-order valence-corrected chi connectivity index (χ3v) is 6.33. The van der Waals surface area contributed by atoms with Crippen LogP contribution < -0.4 is 5.32 Å². The lowest BCUT2D eigenvalue weighted by atomic mass is 10.00. The molecule has 0 aliphatic carbocycles. The van der Waals surface area contributed by atoms with Gasteiger partial charge in [-0.3, -0.25) is 4.79 Å². The normalized spacial score (nSPS) is 16.2. The fraction of sp³-hybridized carbons (Fsp3) is 0.531. The molecule has 3 nitrogen and oxygen atoms in total. The van der Waals surface area contributed by atoms with Crippen molar-refractivity contribution in [2.75, 3.05) is 20.2 Å². The molecule has 2 aromatic rings. The average molecular weight is 480 g/mol. The number of aldehydes is 1. The number of hydrogen-bond acceptors (Lipinski definition) is 3. The first-order valence-electron chi connectivity index (χ1n) is 13.5. The molecule has 1 aliphatic rings. The van der Waals surface area contributed by atoms with E-state index >= 15 is 0 Å². The highest BCUT2D eigenvalue weighted by Crippen LogP contribution is 2.33. The van der Waals surface area contributed by atoms with E-state index in [0.717, 1.165) is 49.8 Å². The van der Waals surface area contributed by atoms with Gasteiger partial charge in [0.25, 0.3) is 0 Å². The van der Waals surface area contributed by atoms with Gasteiger partial charge in [-0.1, -0.05) is 89.4 Å². The predicted octanol–water partition coefficient (Wildman–Crippen LogP) is 7.91. The minimum Gasteiger partial charge on any atom is -0.365 e. The van der Waals surface area contributed by atoms with Gasteiger partial charge in [-0.15, -0.1) is 0 Å². The number of rotatable bonds is 11. The molecule has 1 atom stereocenters. The fourth-order valence-electron chi connectivity index (χ4n) is 3.79. The van der Waals surface area contributed by atoms with Crippen LogP contribution in [-0.4, -0.2) is 32.1 Å². The van der Waals surface area contributed by atoms with Crippen LogP contribution in [0.5, 0.6) is 0 Å². The van der Waals surface area contributed by atoms with E-state index in [0.29, 0.717) is 0 Å². The Morgan fingerprint density at radius 3 is 1.77 bits per heavy atom. The molecule has 0 amide bonds. The molecule has 3 rings (SSSR count). The molecule has 3 heteroatoms. The molecular formula is C32H49NO2. The molecule has 0 bridgehead atoms. The van der Waals surface area contributed by atoms with Crippen LogP contribution in [0.3, 0.4) is 0 Å². The molecule has 1 N–H and O–H groups in total. The molecule has 2 aromatic carbocycles. The highest BCUT2D eigenvalue weighted by molar-refractivity contribution is 5.77. The van der Waals surface area contributed by atoms with E-state index in [1.807, 2.05) is 26.1 Å². The maximum Gasteiger partial charge on any atom is 0.150 e. The summed E-state index contributed by atoms with van der Waals surface area (Å²) in [4.78, 5) is 10.5. The van der Waals surface area contributed by atoms with Crippen LogP contribution in [0.25, 0.3) is 6.08 Å². The zero-order valence-electron chi connectivity index (χ0n) is 23.4. The van der Waals surface area contributed by atoms with Gasteiger partial charge in [0.1, 0.15) is 11.9 Å². The van der Waals surface area contributed by atoms with E-state index in [2.05, 4.69) is 76.4 Å². The molecule has 1 fully saturated rings. The highest BCUT2D eigenvalue weighted by atomic mass is 16.6. The standard InChI is InChI=1S/C16H22O.C11H14O.C5H13N/c1-4-6-14-7-8-15(13(3)11-14)9-10-16(5-2)12-17-16;1-3-4-10-5-6-11(8-12)9(2)7-10;1-3-4-5-6-2/h7-11H,4-6,12H2,1-3H3;5-8H,3-4H2,1-2H3;6H,3-5H2,1-2H3/b10-9+;;. The van der Waals surface area contributed by atoms with Crippen molar-refractivity contribution < 1.29 is 9.53 Å². The number of carbonyl (C=O) groups is 1. The Kier molecular flexibility index (Phi) is 15.2. The average Bonchev–Trinajstić information content (AvgIpc) is 3.64. The van der Waals surface area contributed by atoms with E-state index in [1.54, 1.807) is 0 Å². The maximum atomic E-state index is 10.5. The second-order valence-electron chi connectivity index (χ2n) is 9.50. The quantitative estimate of drug-likeness (QED) is 0.202. The number of benzene rings is 2. The first-order chi connectivity index (χ1) is 16.9. The fourth-order valence-corrected chi connectivity index (χ4v) is 3.79. The second-order valence-corrected chi connectivity index (χ2v) is 9.50. The van der Waals surface area contributed by atoms with E-state index in [1.165, 1.54) is 47.9 Å². The van der Waals surface area contributed by atoms with Gasteiger partial charge in [-0.05, 0) is 87.0 Å². The van der Waals surface area contributed by atoms with Gasteiger partial charge in [-0.2, -0.15) is 0 Å². The van der Waals surface area contributed by atoms with Crippen LogP contribution in [0, 0.1) is 13.8 Å². The van der Waals surface area contributed by atoms with Crippen LogP contribution in [-0.2, 0) is 17.6 Å². The molecule has 1 heterocycles. The molecule has 1 saturated heterocycles. The van der Waals surface area contributed by atoms with Gasteiger partial charge < -0.3 is 10.1 Å². The minimum absolute atomic E-state index is 0.0501. The summed E-state index contributed by atoms with van der Waals surface area (Å²) >= 11 is 0. The summed E-state index contributed by atoms with van der Waals surface area (Å²) < 4.78 is 5.48. The van der Waals surface area contributed by atoms with Crippen molar-refractivity contribution in [1.82, 2.24) is 5.32 Å². The summed E-state index contributed by atoms with van der Waals surface area (Å²) in [6, 6.07) is 12.8. The molecule has 1 unspecified atom stereocenters. The van der Waals surface area contributed by atoms with Gasteiger partial charge in [0.15, 0.2) is 0 Å². The summed E-state index contributed by atoms with van der Waals surface area (Å²) in [6.07, 6.45) is 13.6. The zero-order valence-corrected chi connectivity index (χ0v) is 23.4. The molecule has 0 spiro atoms. The monoisotopic (exact) mass is 479 g/mol. The SMILES string of the molecule is CCCCNC.CCCc1ccc(/C=C/C2(CC)CO2)c(C)c1.CCCc1ccc(C=O)c(C)c1. The number of epoxide rings is 1. The smallest absolute Gasteiger partial charge is 0.150 e. The van der Waals surface area contributed by atoms with Crippen molar-refractivity contribution in [3.8, 4) is 0 Å². The largest absolute Gasteiger partial charge is 0.365 e. The van der Waals surface area contributed by atoms with Crippen LogP contribution in [0.4, 0.5) is 0 Å². The zero-order chi connectivity index (χ0) is 26.1. The summed E-state index contributed by atoms with van der Waals surface area (Å²) in [6.45, 7) is 14.9. The Labute approximate surface area is 215 Å². The second kappa shape index (κ2) is 17.2. The number of carbonyl (C=O) groups excluding carboxylic acids is 1. The Bertz CT molecular complexity index is 892. The van der Waals surface area contributed by atoms with Crippen molar-refractivity contribution >= 4 is 12.4 Å². The van der Waals surface area contributed by atoms with Gasteiger partial charge >= 0.3 is 0 Å². The topological polar surface area (TPSA) is 41.6 Å². The van der Waals surface area contributed by atoms with E-state index in [9.17, 15) is 4.79 Å².